The van der Waals surface area contributed by atoms with Gasteiger partial charge in [0.15, 0.2) is 5.69 Å². The Kier molecular flexibility index (Phi) is 8.58. The van der Waals surface area contributed by atoms with Crippen LogP contribution in [0.4, 0.5) is 24.5 Å². The summed E-state index contributed by atoms with van der Waals surface area (Å²) in [5, 5.41) is 18.9. The number of carbonyl (C=O) groups excluding carboxylic acids is 4. The molecule has 5 atom stereocenters. The van der Waals surface area contributed by atoms with Gasteiger partial charge >= 0.3 is 0 Å². The van der Waals surface area contributed by atoms with Crippen molar-refractivity contribution in [2.45, 2.75) is 76.0 Å². The Morgan fingerprint density at radius 2 is 1.87 bits per heavy atom. The number of nitrogens with one attached hydrogen (secondary N) is 4. The zero-order valence-corrected chi connectivity index (χ0v) is 28.7. The van der Waals surface area contributed by atoms with Crippen LogP contribution in [0.15, 0.2) is 30.7 Å². The summed E-state index contributed by atoms with van der Waals surface area (Å²) >= 11 is 0. The lowest BCUT2D eigenvalue weighted by Gasteiger charge is -2.39. The van der Waals surface area contributed by atoms with E-state index in [2.05, 4.69) is 46.0 Å². The second-order valence-corrected chi connectivity index (χ2v) is 15.1. The number of H-pyrrole nitrogens is 1. The van der Waals surface area contributed by atoms with Crippen LogP contribution in [0.2, 0.25) is 0 Å². The summed E-state index contributed by atoms with van der Waals surface area (Å²) in [5.74, 6) is -4.97. The van der Waals surface area contributed by atoms with Gasteiger partial charge in [0.25, 0.3) is 17.7 Å². The van der Waals surface area contributed by atoms with Crippen LogP contribution in [0.25, 0.3) is 0 Å². The molecule has 4 fully saturated rings. The van der Waals surface area contributed by atoms with Crippen molar-refractivity contribution in [2.24, 2.45) is 17.3 Å². The third-order valence-electron chi connectivity index (χ3n) is 11.8. The minimum Gasteiger partial charge on any atom is -0.370 e. The summed E-state index contributed by atoms with van der Waals surface area (Å²) in [6.45, 7) is 4.97. The zero-order chi connectivity index (χ0) is 36.4. The van der Waals surface area contributed by atoms with E-state index in [-0.39, 0.29) is 49.5 Å². The number of rotatable bonds is 8. The number of pyridine rings is 1. The van der Waals surface area contributed by atoms with Gasteiger partial charge in [-0.1, -0.05) is 6.92 Å². The topological polar surface area (TPSA) is 170 Å². The first-order chi connectivity index (χ1) is 24.9. The molecule has 2 aliphatic carbocycles. The number of fused-ring (bicyclic) bond motifs is 2. The maximum Gasteiger partial charge on any atom is 0.276 e. The van der Waals surface area contributed by atoms with Crippen LogP contribution in [0, 0.1) is 17.3 Å². The predicted molar refractivity (Wildman–Crippen MR) is 181 cm³/mol. The van der Waals surface area contributed by atoms with E-state index in [1.165, 1.54) is 6.20 Å². The molecule has 3 aromatic rings. The molecule has 0 spiro atoms. The molecular weight excluding hydrogens is 681 g/mol. The van der Waals surface area contributed by atoms with Crippen molar-refractivity contribution in [3.05, 3.63) is 53.4 Å². The lowest BCUT2D eigenvalue weighted by Crippen LogP contribution is -2.52. The number of piperidine rings is 3. The molecule has 0 aromatic carbocycles. The molecule has 3 aliphatic heterocycles. The number of anilines is 2. The monoisotopic (exact) mass is 722 g/mol. The molecule has 8 rings (SSSR count). The molecule has 6 heterocycles. The molecule has 0 bridgehead atoms. The quantitative estimate of drug-likeness (QED) is 0.256. The van der Waals surface area contributed by atoms with Gasteiger partial charge in [-0.2, -0.15) is 10.2 Å². The van der Waals surface area contributed by atoms with Crippen LogP contribution in [-0.2, 0) is 22.4 Å². The summed E-state index contributed by atoms with van der Waals surface area (Å²) in [5.41, 5.74) is 1.62. The van der Waals surface area contributed by atoms with Gasteiger partial charge in [-0.3, -0.25) is 34.3 Å². The number of aromatic nitrogens is 5. The molecule has 276 valence electrons. The van der Waals surface area contributed by atoms with Crippen molar-refractivity contribution < 1.29 is 32.3 Å². The average Bonchev–Trinajstić information content (AvgIpc) is 3.54. The van der Waals surface area contributed by atoms with Gasteiger partial charge in [0.05, 0.1) is 29.8 Å². The Bertz CT molecular complexity index is 1890. The molecule has 3 saturated heterocycles. The second kappa shape index (κ2) is 13.0. The van der Waals surface area contributed by atoms with Gasteiger partial charge in [0.1, 0.15) is 17.9 Å². The van der Waals surface area contributed by atoms with E-state index in [1.807, 2.05) is 6.07 Å². The van der Waals surface area contributed by atoms with Crippen molar-refractivity contribution in [1.82, 2.24) is 40.5 Å². The number of nitrogens with zero attached hydrogens (tertiary/aromatic N) is 6. The van der Waals surface area contributed by atoms with Crippen LogP contribution in [-0.4, -0.2) is 104 Å². The van der Waals surface area contributed by atoms with Gasteiger partial charge < -0.3 is 20.4 Å². The van der Waals surface area contributed by atoms with Gasteiger partial charge in [0, 0.05) is 74.4 Å². The van der Waals surface area contributed by atoms with Crippen LogP contribution in [0.3, 0.4) is 0 Å². The number of hydrogen-bond acceptors (Lipinski definition) is 9. The van der Waals surface area contributed by atoms with E-state index < -0.39 is 53.2 Å². The third-order valence-corrected chi connectivity index (χ3v) is 11.8. The van der Waals surface area contributed by atoms with Crippen molar-refractivity contribution in [2.75, 3.05) is 42.9 Å². The summed E-state index contributed by atoms with van der Waals surface area (Å²) in [4.78, 5) is 57.7. The van der Waals surface area contributed by atoms with Gasteiger partial charge in [0.2, 0.25) is 11.8 Å². The smallest absolute Gasteiger partial charge is 0.276 e. The highest BCUT2D eigenvalue weighted by Gasteiger charge is 2.78. The Labute approximate surface area is 297 Å². The Hall–Kier alpha value is -4.80. The zero-order valence-electron chi connectivity index (χ0n) is 28.7. The summed E-state index contributed by atoms with van der Waals surface area (Å²) < 4.78 is 45.8. The maximum atomic E-state index is 15.6. The average molecular weight is 723 g/mol. The molecule has 52 heavy (non-hydrogen) atoms. The predicted octanol–water partition coefficient (Wildman–Crippen LogP) is 2.66. The fourth-order valence-corrected chi connectivity index (χ4v) is 8.50. The van der Waals surface area contributed by atoms with Crippen LogP contribution in [0.1, 0.15) is 77.3 Å². The van der Waals surface area contributed by atoms with Gasteiger partial charge in [-0.25, -0.2) is 18.2 Å². The molecule has 17 heteroatoms. The van der Waals surface area contributed by atoms with E-state index in [1.54, 1.807) is 30.1 Å². The van der Waals surface area contributed by atoms with Crippen LogP contribution < -0.4 is 20.9 Å². The van der Waals surface area contributed by atoms with E-state index in [0.29, 0.717) is 35.8 Å². The Morgan fingerprint density at radius 3 is 2.60 bits per heavy atom. The minimum atomic E-state index is -2.75. The highest BCUT2D eigenvalue weighted by molar-refractivity contribution is 6.04. The summed E-state index contributed by atoms with van der Waals surface area (Å²) in [6.07, 6.45) is 6.68. The number of likely N-dealkylation sites (tertiary alicyclic amines) is 1. The number of hydrogen-bond donors (Lipinski definition) is 4. The normalized spacial score (nSPS) is 28.8. The van der Waals surface area contributed by atoms with E-state index >= 15 is 4.39 Å². The van der Waals surface area contributed by atoms with Crippen LogP contribution in [0.5, 0.6) is 0 Å². The summed E-state index contributed by atoms with van der Waals surface area (Å²) in [7, 11) is 0. The van der Waals surface area contributed by atoms with E-state index in [0.717, 1.165) is 38.2 Å². The minimum absolute atomic E-state index is 0.0993. The molecular formula is C35H41F3N10O4. The van der Waals surface area contributed by atoms with Crippen molar-refractivity contribution >= 4 is 35.0 Å². The lowest BCUT2D eigenvalue weighted by atomic mass is 9.87. The third kappa shape index (κ3) is 6.21. The molecule has 1 unspecified atom stereocenters. The molecule has 4 amide bonds. The van der Waals surface area contributed by atoms with Crippen molar-refractivity contribution in [3.63, 3.8) is 0 Å². The molecule has 5 aliphatic rings. The van der Waals surface area contributed by atoms with Gasteiger partial charge in [-0.05, 0) is 50.2 Å². The Morgan fingerprint density at radius 1 is 1.06 bits per heavy atom. The van der Waals surface area contributed by atoms with Crippen molar-refractivity contribution in [1.29, 1.82) is 0 Å². The molecule has 1 saturated carbocycles. The number of halogens is 3. The Balaban J connectivity index is 0.784. The first kappa shape index (κ1) is 34.3. The first-order valence-electron chi connectivity index (χ1n) is 17.9. The molecule has 14 nitrogen and oxygen atoms in total. The largest absolute Gasteiger partial charge is 0.370 e. The van der Waals surface area contributed by atoms with Crippen LogP contribution >= 0.6 is 0 Å². The van der Waals surface area contributed by atoms with E-state index in [9.17, 15) is 28.0 Å². The number of alkyl halides is 3. The standard InChI is InChI=1S/C35H41F3N10O4/c1-34-13-26-22(12-28(34)35(34,37)38)30(45-44-26)33(52)41-20-14-40-48(17-20)27-8-9-46(18-23(27)36)16-19-6-10-47(11-7-19)21-2-3-24(39-15-21)31(50)42-25-4-5-29(49)43-32(25)51/h2-3,14-15,17,19,23,25,27-28H,4-13,16,18H2,1H3,(H,41,52)(H,42,50)(H,44,45)(H,43,49,51)/t23-,25-,27-,28-,34?/m0/s1. The van der Waals surface area contributed by atoms with E-state index in [4.69, 9.17) is 0 Å². The SMILES string of the molecule is CC12Cc3[nH]nc(C(=O)Nc4cnn([C@H]5CCN(CC6CCN(c7ccc(C(=O)N[C@H]8CCC(=O)NC8=O)nc7)CC6)C[C@@H]5F)c4)c3C[C@@H]1C2(F)F. The first-order valence-corrected chi connectivity index (χ1v) is 17.9. The second-order valence-electron chi connectivity index (χ2n) is 15.1. The fraction of sp³-hybridized carbons (Fsp3) is 0.571. The van der Waals surface area contributed by atoms with Crippen molar-refractivity contribution in [3.8, 4) is 0 Å². The highest BCUT2D eigenvalue weighted by atomic mass is 19.3. The number of amides is 4. The fourth-order valence-electron chi connectivity index (χ4n) is 8.50. The lowest BCUT2D eigenvalue weighted by molar-refractivity contribution is -0.134. The molecule has 0 radical (unpaired) electrons. The number of aromatic amines is 1. The number of imide groups is 1. The highest BCUT2D eigenvalue weighted by Crippen LogP contribution is 2.70. The maximum absolute atomic E-state index is 15.6. The van der Waals surface area contributed by atoms with Gasteiger partial charge in [-0.15, -0.1) is 0 Å². The summed E-state index contributed by atoms with van der Waals surface area (Å²) in [6, 6.07) is 2.23. The number of carbonyl (C=O) groups is 4. The molecule has 4 N–H and O–H groups in total. The molecule has 3 aromatic heterocycles.